The summed E-state index contributed by atoms with van der Waals surface area (Å²) in [6.45, 7) is 5.37. The molecule has 0 aliphatic rings. The Balaban J connectivity index is 2.14. The molecule has 0 bridgehead atoms. The molecule has 2 aromatic rings. The van der Waals surface area contributed by atoms with Crippen LogP contribution in [0.25, 0.3) is 10.9 Å². The zero-order valence-electron chi connectivity index (χ0n) is 8.09. The van der Waals surface area contributed by atoms with Gasteiger partial charge >= 0.3 is 0 Å². The average Bonchev–Trinajstić information content (AvgIpc) is 2.60. The van der Waals surface area contributed by atoms with Crippen molar-refractivity contribution in [3.63, 3.8) is 0 Å². The van der Waals surface area contributed by atoms with Crippen LogP contribution in [0, 0.1) is 0 Å². The predicted octanol–water partition coefficient (Wildman–Crippen LogP) is 2.44. The first-order valence-electron chi connectivity index (χ1n) is 4.78. The molecule has 0 atom stereocenters. The molecule has 1 aromatic heterocycles. The zero-order chi connectivity index (χ0) is 9.80. The molecule has 0 aliphatic heterocycles. The Morgan fingerprint density at radius 3 is 3.00 bits per heavy atom. The predicted molar refractivity (Wildman–Crippen MR) is 60.2 cm³/mol. The van der Waals surface area contributed by atoms with Gasteiger partial charge in [0.1, 0.15) is 0 Å². The molecule has 0 fully saturated rings. The van der Waals surface area contributed by atoms with Crippen LogP contribution in [0.1, 0.15) is 5.69 Å². The number of aromatic nitrogens is 1. The minimum Gasteiger partial charge on any atom is -0.357 e. The minimum atomic E-state index is 0.843. The highest BCUT2D eigenvalue weighted by molar-refractivity contribution is 5.80. The van der Waals surface area contributed by atoms with Gasteiger partial charge in [0.25, 0.3) is 0 Å². The van der Waals surface area contributed by atoms with Crippen molar-refractivity contribution in [1.82, 2.24) is 10.3 Å². The van der Waals surface area contributed by atoms with E-state index in [-0.39, 0.29) is 0 Å². The fourth-order valence-corrected chi connectivity index (χ4v) is 1.54. The molecule has 0 saturated heterocycles. The maximum absolute atomic E-state index is 3.66. The summed E-state index contributed by atoms with van der Waals surface area (Å²) in [5.41, 5.74) is 2.41. The second kappa shape index (κ2) is 4.11. The van der Waals surface area contributed by atoms with Gasteiger partial charge in [-0.05, 0) is 17.5 Å². The van der Waals surface area contributed by atoms with Gasteiger partial charge in [0.15, 0.2) is 0 Å². The van der Waals surface area contributed by atoms with Crippen molar-refractivity contribution in [2.45, 2.75) is 6.54 Å². The molecule has 0 aliphatic carbocycles. The SMILES string of the molecule is C=CCNCc1cc2ccccc2[nH]1. The number of rotatable bonds is 4. The molecule has 1 aromatic carbocycles. The Morgan fingerprint density at radius 1 is 1.36 bits per heavy atom. The number of nitrogens with one attached hydrogen (secondary N) is 2. The van der Waals surface area contributed by atoms with Crippen molar-refractivity contribution in [2.24, 2.45) is 0 Å². The smallest absolute Gasteiger partial charge is 0.0456 e. The molecule has 2 nitrogen and oxygen atoms in total. The summed E-state index contributed by atoms with van der Waals surface area (Å²) in [5, 5.41) is 4.53. The first kappa shape index (κ1) is 9.03. The van der Waals surface area contributed by atoms with Crippen molar-refractivity contribution < 1.29 is 0 Å². The van der Waals surface area contributed by atoms with Crippen LogP contribution in [0.15, 0.2) is 43.0 Å². The van der Waals surface area contributed by atoms with Crippen LogP contribution in [0.4, 0.5) is 0 Å². The van der Waals surface area contributed by atoms with Crippen LogP contribution in [-0.2, 0) is 6.54 Å². The third-order valence-electron chi connectivity index (χ3n) is 2.19. The highest BCUT2D eigenvalue weighted by atomic mass is 14.9. The first-order valence-corrected chi connectivity index (χ1v) is 4.78. The lowest BCUT2D eigenvalue weighted by Crippen LogP contribution is -2.12. The zero-order valence-corrected chi connectivity index (χ0v) is 8.09. The largest absolute Gasteiger partial charge is 0.357 e. The quantitative estimate of drug-likeness (QED) is 0.557. The van der Waals surface area contributed by atoms with E-state index < -0.39 is 0 Å². The number of hydrogen-bond donors (Lipinski definition) is 2. The van der Waals surface area contributed by atoms with Crippen molar-refractivity contribution in [3.05, 3.63) is 48.7 Å². The van der Waals surface area contributed by atoms with Gasteiger partial charge in [-0.15, -0.1) is 6.58 Å². The number of benzene rings is 1. The van der Waals surface area contributed by atoms with Gasteiger partial charge in [0.2, 0.25) is 0 Å². The van der Waals surface area contributed by atoms with E-state index in [1.807, 2.05) is 12.1 Å². The Kier molecular flexibility index (Phi) is 2.65. The number of hydrogen-bond acceptors (Lipinski definition) is 1. The fourth-order valence-electron chi connectivity index (χ4n) is 1.54. The van der Waals surface area contributed by atoms with Crippen molar-refractivity contribution in [2.75, 3.05) is 6.54 Å². The Hall–Kier alpha value is -1.54. The molecule has 14 heavy (non-hydrogen) atoms. The third-order valence-corrected chi connectivity index (χ3v) is 2.19. The van der Waals surface area contributed by atoms with Gasteiger partial charge in [-0.3, -0.25) is 0 Å². The summed E-state index contributed by atoms with van der Waals surface area (Å²) < 4.78 is 0. The number of fused-ring (bicyclic) bond motifs is 1. The monoisotopic (exact) mass is 186 g/mol. The standard InChI is InChI=1S/C12H14N2/c1-2-7-13-9-11-8-10-5-3-4-6-12(10)14-11/h2-6,8,13-14H,1,7,9H2. The van der Waals surface area contributed by atoms with E-state index in [0.717, 1.165) is 13.1 Å². The third kappa shape index (κ3) is 1.86. The normalized spacial score (nSPS) is 10.6. The summed E-state index contributed by atoms with van der Waals surface area (Å²) in [4.78, 5) is 3.36. The molecule has 2 N–H and O–H groups in total. The van der Waals surface area contributed by atoms with E-state index in [2.05, 4.69) is 41.1 Å². The molecule has 72 valence electrons. The summed E-state index contributed by atoms with van der Waals surface area (Å²) in [6, 6.07) is 10.5. The van der Waals surface area contributed by atoms with Crippen LogP contribution < -0.4 is 5.32 Å². The fraction of sp³-hybridized carbons (Fsp3) is 0.167. The van der Waals surface area contributed by atoms with Gasteiger partial charge < -0.3 is 10.3 Å². The second-order valence-electron chi connectivity index (χ2n) is 3.30. The van der Waals surface area contributed by atoms with Crippen LogP contribution in [0.2, 0.25) is 0 Å². The maximum Gasteiger partial charge on any atom is 0.0456 e. The maximum atomic E-state index is 3.66. The van der Waals surface area contributed by atoms with E-state index in [4.69, 9.17) is 0 Å². The van der Waals surface area contributed by atoms with Crippen LogP contribution in [-0.4, -0.2) is 11.5 Å². The van der Waals surface area contributed by atoms with Gasteiger partial charge in [-0.25, -0.2) is 0 Å². The van der Waals surface area contributed by atoms with E-state index in [0.29, 0.717) is 0 Å². The summed E-state index contributed by atoms with van der Waals surface area (Å²) in [6.07, 6.45) is 1.86. The van der Waals surface area contributed by atoms with E-state index in [1.165, 1.54) is 16.6 Å². The molecule has 0 saturated carbocycles. The number of aromatic amines is 1. The molecule has 1 heterocycles. The Labute approximate surface area is 83.6 Å². The number of para-hydroxylation sites is 1. The minimum absolute atomic E-state index is 0.843. The lowest BCUT2D eigenvalue weighted by molar-refractivity contribution is 0.747. The van der Waals surface area contributed by atoms with Gasteiger partial charge in [0, 0.05) is 24.3 Å². The second-order valence-corrected chi connectivity index (χ2v) is 3.30. The summed E-state index contributed by atoms with van der Waals surface area (Å²) in [5.74, 6) is 0. The molecule has 2 heteroatoms. The molecular formula is C12H14N2. The van der Waals surface area contributed by atoms with Crippen LogP contribution in [0.3, 0.4) is 0 Å². The van der Waals surface area contributed by atoms with Crippen molar-refractivity contribution in [3.8, 4) is 0 Å². The van der Waals surface area contributed by atoms with Crippen LogP contribution >= 0.6 is 0 Å². The van der Waals surface area contributed by atoms with Gasteiger partial charge in [0.05, 0.1) is 0 Å². The molecule has 0 amide bonds. The van der Waals surface area contributed by atoms with Crippen molar-refractivity contribution >= 4 is 10.9 Å². The van der Waals surface area contributed by atoms with Crippen molar-refractivity contribution in [1.29, 1.82) is 0 Å². The lowest BCUT2D eigenvalue weighted by atomic mass is 10.2. The summed E-state index contributed by atoms with van der Waals surface area (Å²) in [7, 11) is 0. The summed E-state index contributed by atoms with van der Waals surface area (Å²) >= 11 is 0. The number of H-pyrrole nitrogens is 1. The van der Waals surface area contributed by atoms with E-state index in [1.54, 1.807) is 0 Å². The van der Waals surface area contributed by atoms with Gasteiger partial charge in [-0.1, -0.05) is 24.3 Å². The van der Waals surface area contributed by atoms with Crippen LogP contribution in [0.5, 0.6) is 0 Å². The Bertz CT molecular complexity index is 396. The lowest BCUT2D eigenvalue weighted by Gasteiger charge is -1.97. The first-order chi connectivity index (χ1) is 6.90. The van der Waals surface area contributed by atoms with Gasteiger partial charge in [-0.2, -0.15) is 0 Å². The highest BCUT2D eigenvalue weighted by Crippen LogP contribution is 2.14. The molecular weight excluding hydrogens is 172 g/mol. The average molecular weight is 186 g/mol. The molecule has 0 spiro atoms. The molecule has 2 rings (SSSR count). The topological polar surface area (TPSA) is 27.8 Å². The Morgan fingerprint density at radius 2 is 2.21 bits per heavy atom. The highest BCUT2D eigenvalue weighted by Gasteiger charge is 1.97. The molecule has 0 radical (unpaired) electrons. The van der Waals surface area contributed by atoms with E-state index in [9.17, 15) is 0 Å². The van der Waals surface area contributed by atoms with E-state index >= 15 is 0 Å². The molecule has 0 unspecified atom stereocenters.